The van der Waals surface area contributed by atoms with Crippen LogP contribution in [0.25, 0.3) is 21.7 Å². The molecule has 15 heavy (non-hydrogen) atoms. The van der Waals surface area contributed by atoms with E-state index in [-0.39, 0.29) is 5.56 Å². The van der Waals surface area contributed by atoms with Gasteiger partial charge in [0.05, 0.1) is 5.39 Å². The fourth-order valence-electron chi connectivity index (χ4n) is 2.00. The summed E-state index contributed by atoms with van der Waals surface area (Å²) in [5, 5.41) is 2.85. The quantitative estimate of drug-likeness (QED) is 0.589. The van der Waals surface area contributed by atoms with Crippen molar-refractivity contribution in [1.29, 1.82) is 0 Å². The molecule has 3 nitrogen and oxygen atoms in total. The number of aryl methyl sites for hydroxylation is 1. The zero-order valence-electron chi connectivity index (χ0n) is 8.32. The Morgan fingerprint density at radius 3 is 2.67 bits per heavy atom. The second-order valence-electron chi connectivity index (χ2n) is 3.75. The van der Waals surface area contributed by atoms with Crippen molar-refractivity contribution < 1.29 is 0 Å². The van der Waals surface area contributed by atoms with Crippen LogP contribution in [0, 0.1) is 0 Å². The predicted octanol–water partition coefficient (Wildman–Crippen LogP) is 2.02. The fourth-order valence-corrected chi connectivity index (χ4v) is 2.00. The van der Waals surface area contributed by atoms with Crippen molar-refractivity contribution in [2.75, 3.05) is 0 Å². The molecule has 0 fully saturated rings. The number of rotatable bonds is 0. The van der Waals surface area contributed by atoms with Gasteiger partial charge in [-0.3, -0.25) is 4.79 Å². The number of para-hydroxylation sites is 1. The summed E-state index contributed by atoms with van der Waals surface area (Å²) < 4.78 is 1.91. The zero-order chi connectivity index (χ0) is 10.4. The average Bonchev–Trinajstić information content (AvgIpc) is 2.61. The predicted molar refractivity (Wildman–Crippen MR) is 61.0 cm³/mol. The summed E-state index contributed by atoms with van der Waals surface area (Å²) in [6.45, 7) is 0. The number of fused-ring (bicyclic) bond motifs is 3. The topological polar surface area (TPSA) is 37.8 Å². The summed E-state index contributed by atoms with van der Waals surface area (Å²) in [5.41, 5.74) is 0.866. The number of nitrogens with one attached hydrogen (secondary N) is 1. The van der Waals surface area contributed by atoms with E-state index in [0.717, 1.165) is 21.7 Å². The van der Waals surface area contributed by atoms with Crippen molar-refractivity contribution >= 4 is 21.7 Å². The summed E-state index contributed by atoms with van der Waals surface area (Å²) >= 11 is 0. The van der Waals surface area contributed by atoms with Crippen LogP contribution in [0.3, 0.4) is 0 Å². The lowest BCUT2D eigenvalue weighted by Gasteiger charge is -1.97. The van der Waals surface area contributed by atoms with Gasteiger partial charge in [0.15, 0.2) is 0 Å². The van der Waals surface area contributed by atoms with Crippen molar-refractivity contribution in [2.24, 2.45) is 7.05 Å². The molecule has 0 aliphatic heterocycles. The third-order valence-corrected chi connectivity index (χ3v) is 2.67. The molecule has 0 saturated heterocycles. The smallest absolute Gasteiger partial charge is 0.257 e. The van der Waals surface area contributed by atoms with E-state index in [4.69, 9.17) is 0 Å². The molecule has 1 N–H and O–H groups in total. The molecule has 1 aromatic carbocycles. The Kier molecular flexibility index (Phi) is 1.51. The molecule has 0 atom stereocenters. The van der Waals surface area contributed by atoms with E-state index in [1.54, 1.807) is 0 Å². The SMILES string of the molecule is Cn1cc2c(=O)[nH]c3ccccc3c2c1. The van der Waals surface area contributed by atoms with Gasteiger partial charge in [-0.05, 0) is 6.07 Å². The molecule has 2 aromatic heterocycles. The largest absolute Gasteiger partial charge is 0.356 e. The number of aromatic amines is 1. The highest BCUT2D eigenvalue weighted by atomic mass is 16.1. The number of H-pyrrole nitrogens is 1. The van der Waals surface area contributed by atoms with Crippen LogP contribution in [0.2, 0.25) is 0 Å². The van der Waals surface area contributed by atoms with E-state index >= 15 is 0 Å². The van der Waals surface area contributed by atoms with E-state index in [1.165, 1.54) is 0 Å². The lowest BCUT2D eigenvalue weighted by Crippen LogP contribution is -2.04. The number of aromatic nitrogens is 2. The standard InChI is InChI=1S/C12H10N2O/c1-14-6-9-8-4-2-3-5-11(8)13-12(15)10(9)7-14/h2-7H,1H3,(H,13,15). The molecule has 0 aliphatic carbocycles. The van der Waals surface area contributed by atoms with Crippen LogP contribution in [0.15, 0.2) is 41.5 Å². The number of pyridine rings is 1. The molecule has 0 aliphatic rings. The maximum Gasteiger partial charge on any atom is 0.257 e. The van der Waals surface area contributed by atoms with Gasteiger partial charge in [-0.15, -0.1) is 0 Å². The van der Waals surface area contributed by atoms with Gasteiger partial charge in [0.1, 0.15) is 0 Å². The number of nitrogens with zero attached hydrogens (tertiary/aromatic N) is 1. The first-order valence-corrected chi connectivity index (χ1v) is 4.82. The van der Waals surface area contributed by atoms with Crippen LogP contribution in [0.1, 0.15) is 0 Å². The van der Waals surface area contributed by atoms with E-state index < -0.39 is 0 Å². The molecule has 0 spiro atoms. The van der Waals surface area contributed by atoms with Gasteiger partial charge in [-0.25, -0.2) is 0 Å². The van der Waals surface area contributed by atoms with Crippen LogP contribution in [0.5, 0.6) is 0 Å². The summed E-state index contributed by atoms with van der Waals surface area (Å²) in [6.07, 6.45) is 3.83. The number of hydrogen-bond donors (Lipinski definition) is 1. The lowest BCUT2D eigenvalue weighted by atomic mass is 10.1. The number of hydrogen-bond acceptors (Lipinski definition) is 1. The zero-order valence-corrected chi connectivity index (χ0v) is 8.32. The first-order chi connectivity index (χ1) is 7.25. The van der Waals surface area contributed by atoms with E-state index in [0.29, 0.717) is 0 Å². The molecule has 0 saturated carbocycles. The van der Waals surface area contributed by atoms with Crippen LogP contribution >= 0.6 is 0 Å². The maximum absolute atomic E-state index is 11.7. The Balaban J connectivity index is 2.69. The summed E-state index contributed by atoms with van der Waals surface area (Å²) in [4.78, 5) is 14.6. The van der Waals surface area contributed by atoms with Crippen LogP contribution in [-0.2, 0) is 7.05 Å². The third-order valence-electron chi connectivity index (χ3n) is 2.67. The van der Waals surface area contributed by atoms with Crippen LogP contribution in [-0.4, -0.2) is 9.55 Å². The van der Waals surface area contributed by atoms with Crippen molar-refractivity contribution in [1.82, 2.24) is 9.55 Å². The van der Waals surface area contributed by atoms with Crippen LogP contribution < -0.4 is 5.56 Å². The molecule has 2 heterocycles. The second kappa shape index (κ2) is 2.73. The number of benzene rings is 1. The van der Waals surface area contributed by atoms with E-state index in [1.807, 2.05) is 48.3 Å². The molecule has 74 valence electrons. The third kappa shape index (κ3) is 1.09. The van der Waals surface area contributed by atoms with Gasteiger partial charge in [0.2, 0.25) is 0 Å². The minimum atomic E-state index is -0.0238. The van der Waals surface area contributed by atoms with Gasteiger partial charge in [-0.1, -0.05) is 18.2 Å². The highest BCUT2D eigenvalue weighted by Crippen LogP contribution is 2.20. The molecular formula is C12H10N2O. The molecule has 3 rings (SSSR count). The monoisotopic (exact) mass is 198 g/mol. The highest BCUT2D eigenvalue weighted by Gasteiger charge is 2.05. The summed E-state index contributed by atoms with van der Waals surface area (Å²) in [7, 11) is 1.92. The van der Waals surface area contributed by atoms with E-state index in [9.17, 15) is 4.79 Å². The Morgan fingerprint density at radius 2 is 1.80 bits per heavy atom. The Hall–Kier alpha value is -2.03. The lowest BCUT2D eigenvalue weighted by molar-refractivity contribution is 0.933. The van der Waals surface area contributed by atoms with Gasteiger partial charge in [0, 0.05) is 35.7 Å². The molecule has 0 unspecified atom stereocenters. The average molecular weight is 198 g/mol. The molecule has 3 aromatic rings. The van der Waals surface area contributed by atoms with E-state index in [2.05, 4.69) is 4.98 Å². The minimum Gasteiger partial charge on any atom is -0.356 e. The van der Waals surface area contributed by atoms with Gasteiger partial charge in [-0.2, -0.15) is 0 Å². The van der Waals surface area contributed by atoms with Gasteiger partial charge < -0.3 is 9.55 Å². The maximum atomic E-state index is 11.7. The van der Waals surface area contributed by atoms with Crippen LogP contribution in [0.4, 0.5) is 0 Å². The molecular weight excluding hydrogens is 188 g/mol. The molecule has 3 heteroatoms. The molecule has 0 radical (unpaired) electrons. The fraction of sp³-hybridized carbons (Fsp3) is 0.0833. The van der Waals surface area contributed by atoms with Crippen molar-refractivity contribution in [3.63, 3.8) is 0 Å². The first-order valence-electron chi connectivity index (χ1n) is 4.82. The van der Waals surface area contributed by atoms with Crippen molar-refractivity contribution in [3.8, 4) is 0 Å². The Morgan fingerprint density at radius 1 is 1.07 bits per heavy atom. The van der Waals surface area contributed by atoms with Gasteiger partial charge >= 0.3 is 0 Å². The first kappa shape index (κ1) is 8.29. The highest BCUT2D eigenvalue weighted by molar-refractivity contribution is 6.05. The molecule has 0 bridgehead atoms. The molecule has 0 amide bonds. The Labute approximate surface area is 86.0 Å². The summed E-state index contributed by atoms with van der Waals surface area (Å²) in [6, 6.07) is 7.84. The van der Waals surface area contributed by atoms with Crippen molar-refractivity contribution in [3.05, 3.63) is 47.0 Å². The van der Waals surface area contributed by atoms with Gasteiger partial charge in [0.25, 0.3) is 5.56 Å². The summed E-state index contributed by atoms with van der Waals surface area (Å²) in [5.74, 6) is 0. The normalized spacial score (nSPS) is 11.3. The Bertz CT molecular complexity index is 706. The minimum absolute atomic E-state index is 0.0238. The second-order valence-corrected chi connectivity index (χ2v) is 3.75. The van der Waals surface area contributed by atoms with Crippen molar-refractivity contribution in [2.45, 2.75) is 0 Å².